The molecule has 35 heavy (non-hydrogen) atoms. The van der Waals surface area contributed by atoms with E-state index in [4.69, 9.17) is 4.74 Å². The lowest BCUT2D eigenvalue weighted by Crippen LogP contribution is -2.55. The van der Waals surface area contributed by atoms with Gasteiger partial charge < -0.3 is 14.7 Å². The van der Waals surface area contributed by atoms with E-state index in [1.807, 2.05) is 18.2 Å². The van der Waals surface area contributed by atoms with Crippen LogP contribution in [0.3, 0.4) is 0 Å². The van der Waals surface area contributed by atoms with Gasteiger partial charge in [-0.2, -0.15) is 0 Å². The molecule has 8 heteroatoms. The molecule has 2 bridgehead atoms. The van der Waals surface area contributed by atoms with E-state index in [0.717, 1.165) is 35.5 Å². The molecule has 1 N–H and O–H groups in total. The first-order valence-corrected chi connectivity index (χ1v) is 13.1. The monoisotopic (exact) mass is 487 g/mol. The van der Waals surface area contributed by atoms with Crippen molar-refractivity contribution in [2.45, 2.75) is 29.5 Å². The number of rotatable bonds is 0. The van der Waals surface area contributed by atoms with E-state index < -0.39 is 11.2 Å². The number of carbonyl (C=O) groups is 1. The maximum absolute atomic E-state index is 13.5. The largest absolute Gasteiger partial charge is 0.502 e. The fourth-order valence-electron chi connectivity index (χ4n) is 5.76. The van der Waals surface area contributed by atoms with E-state index in [2.05, 4.69) is 29.3 Å². The summed E-state index contributed by atoms with van der Waals surface area (Å²) in [7, 11) is 0. The fourth-order valence-corrected chi connectivity index (χ4v) is 6.85. The van der Waals surface area contributed by atoms with Crippen molar-refractivity contribution >= 4 is 17.7 Å². The quantitative estimate of drug-likeness (QED) is 0.521. The molecule has 1 fully saturated rings. The summed E-state index contributed by atoms with van der Waals surface area (Å²) in [4.78, 5) is 28.9. The predicted molar refractivity (Wildman–Crippen MR) is 132 cm³/mol. The molecule has 7 rings (SSSR count). The second-order valence-electron chi connectivity index (χ2n) is 9.78. The zero-order valence-corrected chi connectivity index (χ0v) is 19.9. The lowest BCUT2D eigenvalue weighted by molar-refractivity contribution is 0.0671. The summed E-state index contributed by atoms with van der Waals surface area (Å²) in [5, 5.41) is 12.9. The van der Waals surface area contributed by atoms with Gasteiger partial charge in [0.15, 0.2) is 11.4 Å². The third-order valence-electron chi connectivity index (χ3n) is 7.75. The van der Waals surface area contributed by atoms with E-state index in [-0.39, 0.29) is 17.6 Å². The molecule has 4 heterocycles. The van der Waals surface area contributed by atoms with Crippen LogP contribution in [0.25, 0.3) is 0 Å². The maximum atomic E-state index is 13.5. The van der Waals surface area contributed by atoms with Gasteiger partial charge in [-0.1, -0.05) is 30.3 Å². The molecule has 0 saturated heterocycles. The normalized spacial score (nSPS) is 24.5. The molecule has 1 aromatic heterocycles. The van der Waals surface area contributed by atoms with Crippen molar-refractivity contribution in [1.82, 2.24) is 9.58 Å². The van der Waals surface area contributed by atoms with Gasteiger partial charge in [-0.05, 0) is 47.9 Å². The number of hydrogen-bond donors (Lipinski definition) is 1. The number of amides is 1. The van der Waals surface area contributed by atoms with Crippen molar-refractivity contribution in [2.75, 3.05) is 24.8 Å². The lowest BCUT2D eigenvalue weighted by Gasteiger charge is -2.44. The molecule has 3 atom stereocenters. The van der Waals surface area contributed by atoms with Crippen LogP contribution in [0.1, 0.15) is 46.1 Å². The van der Waals surface area contributed by atoms with Gasteiger partial charge in [-0.3, -0.25) is 19.3 Å². The topological polar surface area (TPSA) is 75.0 Å². The Morgan fingerprint density at radius 2 is 1.91 bits per heavy atom. The third-order valence-corrected chi connectivity index (χ3v) is 8.89. The van der Waals surface area contributed by atoms with E-state index >= 15 is 0 Å². The number of benzene rings is 2. The molecule has 7 nitrogen and oxygen atoms in total. The van der Waals surface area contributed by atoms with Crippen LogP contribution in [-0.4, -0.2) is 40.4 Å². The van der Waals surface area contributed by atoms with Crippen LogP contribution in [0.5, 0.6) is 11.5 Å². The van der Waals surface area contributed by atoms with Crippen molar-refractivity contribution < 1.29 is 14.6 Å². The van der Waals surface area contributed by atoms with Gasteiger partial charge >= 0.3 is 0 Å². The highest BCUT2D eigenvalue weighted by atomic mass is 32.2. The number of carbonyl (C=O) groups excluding carboxylic acids is 1. The van der Waals surface area contributed by atoms with Gasteiger partial charge in [-0.25, -0.2) is 0 Å². The lowest BCUT2D eigenvalue weighted by atomic mass is 9.93. The molecular formula is C27H25N3O4S. The summed E-state index contributed by atoms with van der Waals surface area (Å²) in [5.74, 6) is 1.90. The molecule has 1 amide bonds. The van der Waals surface area contributed by atoms with Crippen molar-refractivity contribution in [3.05, 3.63) is 87.3 Å². The van der Waals surface area contributed by atoms with Gasteiger partial charge in [0.2, 0.25) is 5.43 Å². The zero-order chi connectivity index (χ0) is 23.7. The number of thioether (sulfide) groups is 1. The van der Waals surface area contributed by atoms with Gasteiger partial charge in [-0.15, -0.1) is 11.8 Å². The number of ether oxygens (including phenoxy) is 1. The Morgan fingerprint density at radius 3 is 2.83 bits per heavy atom. The molecule has 1 saturated carbocycles. The van der Waals surface area contributed by atoms with Crippen LogP contribution in [0.4, 0.5) is 0 Å². The first-order chi connectivity index (χ1) is 17.1. The van der Waals surface area contributed by atoms with Gasteiger partial charge in [0.25, 0.3) is 5.91 Å². The van der Waals surface area contributed by atoms with Crippen LogP contribution < -0.4 is 15.2 Å². The second-order valence-corrected chi connectivity index (χ2v) is 10.8. The predicted octanol–water partition coefficient (Wildman–Crippen LogP) is 3.72. The first kappa shape index (κ1) is 20.9. The molecule has 0 spiro atoms. The molecule has 1 aliphatic carbocycles. The van der Waals surface area contributed by atoms with E-state index in [1.54, 1.807) is 27.5 Å². The Bertz CT molecular complexity index is 1420. The minimum absolute atomic E-state index is 0.0301. The van der Waals surface area contributed by atoms with Crippen LogP contribution in [0.15, 0.2) is 64.4 Å². The van der Waals surface area contributed by atoms with Crippen LogP contribution >= 0.6 is 11.8 Å². The number of aromatic hydroxyl groups is 1. The fraction of sp³-hybridized carbons (Fsp3) is 0.333. The second kappa shape index (κ2) is 7.81. The Hall–Kier alpha value is -3.39. The van der Waals surface area contributed by atoms with Crippen molar-refractivity contribution in [2.24, 2.45) is 11.8 Å². The molecular weight excluding hydrogens is 462 g/mol. The molecule has 178 valence electrons. The van der Waals surface area contributed by atoms with E-state index in [1.165, 1.54) is 16.5 Å². The molecule has 3 aromatic rings. The summed E-state index contributed by atoms with van der Waals surface area (Å²) < 4.78 is 8.18. The third kappa shape index (κ3) is 3.26. The summed E-state index contributed by atoms with van der Waals surface area (Å²) >= 11 is 1.80. The number of fused-ring (bicyclic) bond motifs is 8. The average Bonchev–Trinajstić information content (AvgIpc) is 3.65. The summed E-state index contributed by atoms with van der Waals surface area (Å²) in [6, 6.07) is 15.7. The first-order valence-electron chi connectivity index (χ1n) is 12.1. The Kier molecular flexibility index (Phi) is 4.67. The average molecular weight is 488 g/mol. The molecule has 0 unspecified atom stereocenters. The standard InChI is InChI=1S/C27H25N3O4S/c31-20-9-11-29-25(26(20)32)27(33)28-10-8-16-12-18(16)13-34-21-6-3-4-17-14-35-22-7-2-1-5-19(22)24(23(17)21)30(29)15-28/h1-7,9,11,16,18,24,32H,8,10,12-15H2/t16-,18+,24+/m1/s1. The smallest absolute Gasteiger partial charge is 0.277 e. The highest BCUT2D eigenvalue weighted by molar-refractivity contribution is 7.98. The number of hydrogen-bond acceptors (Lipinski definition) is 6. The number of aromatic nitrogens is 1. The SMILES string of the molecule is O=C1c2c(O)c(=O)ccn2N2CN1CC[C@@H]1C[C@H]1COc1cccc3c1[C@@H]2c1ccccc1SC3. The Balaban J connectivity index is 1.51. The summed E-state index contributed by atoms with van der Waals surface area (Å²) in [6.45, 7) is 1.61. The molecule has 2 aromatic carbocycles. The van der Waals surface area contributed by atoms with Crippen molar-refractivity contribution in [3.8, 4) is 11.5 Å². The van der Waals surface area contributed by atoms with Crippen LogP contribution in [-0.2, 0) is 5.75 Å². The Morgan fingerprint density at radius 1 is 1.03 bits per heavy atom. The van der Waals surface area contributed by atoms with Gasteiger partial charge in [0.1, 0.15) is 18.5 Å². The van der Waals surface area contributed by atoms with Gasteiger partial charge in [0.05, 0.1) is 6.61 Å². The summed E-state index contributed by atoms with van der Waals surface area (Å²) in [5.41, 5.74) is 2.88. The molecule has 3 aliphatic heterocycles. The van der Waals surface area contributed by atoms with Crippen LogP contribution in [0.2, 0.25) is 0 Å². The minimum atomic E-state index is -0.545. The minimum Gasteiger partial charge on any atom is -0.502 e. The zero-order valence-electron chi connectivity index (χ0n) is 19.1. The van der Waals surface area contributed by atoms with E-state index in [0.29, 0.717) is 31.7 Å². The van der Waals surface area contributed by atoms with E-state index in [9.17, 15) is 14.7 Å². The van der Waals surface area contributed by atoms with Crippen molar-refractivity contribution in [3.63, 3.8) is 0 Å². The maximum Gasteiger partial charge on any atom is 0.277 e. The number of pyridine rings is 1. The van der Waals surface area contributed by atoms with Crippen molar-refractivity contribution in [1.29, 1.82) is 0 Å². The number of nitrogens with zero attached hydrogens (tertiary/aromatic N) is 3. The highest BCUT2D eigenvalue weighted by Crippen LogP contribution is 2.48. The summed E-state index contributed by atoms with van der Waals surface area (Å²) in [6.07, 6.45) is 3.60. The molecule has 4 aliphatic rings. The Labute approximate surface area is 206 Å². The molecule has 0 radical (unpaired) electrons. The highest BCUT2D eigenvalue weighted by Gasteiger charge is 2.43. The van der Waals surface area contributed by atoms with Crippen LogP contribution in [0, 0.1) is 11.8 Å². The van der Waals surface area contributed by atoms with Gasteiger partial charge in [0, 0.05) is 35.0 Å².